The average molecular weight is 464 g/mol. The number of unbranched alkanes of at least 4 members (excludes halogenated alkanes) is 8. The molecule has 0 radical (unpaired) electrons. The summed E-state index contributed by atoms with van der Waals surface area (Å²) in [5.74, 6) is 0. The summed E-state index contributed by atoms with van der Waals surface area (Å²) < 4.78 is 0. The van der Waals surface area contributed by atoms with Gasteiger partial charge >= 0.3 is 0 Å². The van der Waals surface area contributed by atoms with E-state index in [9.17, 15) is 0 Å². The normalized spacial score (nSPS) is 9.10. The third-order valence-corrected chi connectivity index (χ3v) is 3.26. The smallest absolute Gasteiger partial charge is 0.0431 e. The van der Waals surface area contributed by atoms with Crippen LogP contribution in [0.2, 0.25) is 0 Å². The zero-order valence-electron chi connectivity index (χ0n) is 18.2. The topological polar surface area (TPSA) is 162 Å². The Balaban J connectivity index is -0.0000000873. The maximum absolute atomic E-state index is 8.21. The molecule has 0 aliphatic carbocycles. The number of rotatable bonds is 16. The second-order valence-electron chi connectivity index (χ2n) is 6.03. The molecule has 0 bridgehead atoms. The summed E-state index contributed by atoms with van der Waals surface area (Å²) in [5.41, 5.74) is 0. The van der Waals surface area contributed by atoms with E-state index in [4.69, 9.17) is 40.9 Å². The molecule has 0 aliphatic rings. The molecule has 0 fully saturated rings. The van der Waals surface area contributed by atoms with Crippen LogP contribution in [-0.4, -0.2) is 93.7 Å². The zero-order valence-corrected chi connectivity index (χ0v) is 19.8. The number of aliphatic hydroxyl groups is 8. The molecular formula is C20H48O8Ti. The molecule has 0 spiro atoms. The van der Waals surface area contributed by atoms with Crippen LogP contribution in [0.1, 0.15) is 77.0 Å². The van der Waals surface area contributed by atoms with E-state index in [1.165, 1.54) is 0 Å². The van der Waals surface area contributed by atoms with Gasteiger partial charge in [-0.25, -0.2) is 0 Å². The van der Waals surface area contributed by atoms with E-state index in [-0.39, 0.29) is 74.6 Å². The average Bonchev–Trinajstić information content (AvgIpc) is 2.71. The molecule has 8 N–H and O–H groups in total. The summed E-state index contributed by atoms with van der Waals surface area (Å²) in [6, 6.07) is 0. The van der Waals surface area contributed by atoms with Crippen molar-refractivity contribution in [3.8, 4) is 0 Å². The molecule has 0 aromatic heterocycles. The molecule has 0 aromatic carbocycles. The molecule has 0 unspecified atom stereocenters. The minimum absolute atomic E-state index is 0. The number of hydrogen-bond donors (Lipinski definition) is 8. The number of aliphatic hydroxyl groups excluding tert-OH is 8. The third kappa shape index (κ3) is 73.6. The Hall–Kier alpha value is 0.394. The van der Waals surface area contributed by atoms with E-state index in [1.54, 1.807) is 0 Å². The van der Waals surface area contributed by atoms with E-state index in [1.807, 2.05) is 0 Å². The van der Waals surface area contributed by atoms with Crippen LogP contribution in [0, 0.1) is 0 Å². The maximum atomic E-state index is 8.21. The predicted molar refractivity (Wildman–Crippen MR) is 112 cm³/mol. The van der Waals surface area contributed by atoms with E-state index >= 15 is 0 Å². The Morgan fingerprint density at radius 3 is 0.379 bits per heavy atom. The Bertz CT molecular complexity index is 147. The van der Waals surface area contributed by atoms with E-state index in [2.05, 4.69) is 0 Å². The van der Waals surface area contributed by atoms with Gasteiger partial charge in [0.25, 0.3) is 0 Å². The molecule has 0 saturated carbocycles. The summed E-state index contributed by atoms with van der Waals surface area (Å²) in [4.78, 5) is 0. The van der Waals surface area contributed by atoms with Crippen molar-refractivity contribution in [1.82, 2.24) is 0 Å². The van der Waals surface area contributed by atoms with Gasteiger partial charge in [0.05, 0.1) is 0 Å². The summed E-state index contributed by atoms with van der Waals surface area (Å²) in [7, 11) is 0. The Labute approximate surface area is 192 Å². The number of hydrogen-bond acceptors (Lipinski definition) is 8. The fraction of sp³-hybridized carbons (Fsp3) is 1.00. The Kier molecular flexibility index (Phi) is 70.4. The molecular weight excluding hydrogens is 416 g/mol. The van der Waals surface area contributed by atoms with Gasteiger partial charge in [0.1, 0.15) is 0 Å². The molecule has 29 heavy (non-hydrogen) atoms. The molecule has 0 saturated heterocycles. The van der Waals surface area contributed by atoms with Crippen molar-refractivity contribution in [2.45, 2.75) is 77.0 Å². The van der Waals surface area contributed by atoms with Crippen LogP contribution in [0.3, 0.4) is 0 Å². The minimum Gasteiger partial charge on any atom is -0.396 e. The summed E-state index contributed by atoms with van der Waals surface area (Å²) in [6.07, 6.45) is 10.3. The Morgan fingerprint density at radius 2 is 0.310 bits per heavy atom. The molecule has 0 amide bonds. The summed E-state index contributed by atoms with van der Waals surface area (Å²) in [6.45, 7) is 2.00. The predicted octanol–water partition coefficient (Wildman–Crippen LogP) is 0.563. The van der Waals surface area contributed by atoms with Crippen LogP contribution in [0.15, 0.2) is 0 Å². The fourth-order valence-corrected chi connectivity index (χ4v) is 1.60. The third-order valence-electron chi connectivity index (χ3n) is 3.26. The first-order valence-electron chi connectivity index (χ1n) is 10.5. The van der Waals surface area contributed by atoms with Gasteiger partial charge in [-0.2, -0.15) is 0 Å². The van der Waals surface area contributed by atoms with Gasteiger partial charge < -0.3 is 40.9 Å². The van der Waals surface area contributed by atoms with Crippen LogP contribution >= 0.6 is 0 Å². The minimum atomic E-state index is 0. The van der Waals surface area contributed by atoms with Gasteiger partial charge in [-0.3, -0.25) is 0 Å². The van der Waals surface area contributed by atoms with Crippen molar-refractivity contribution in [3.05, 3.63) is 0 Å². The maximum Gasteiger partial charge on any atom is 0.0431 e. The zero-order chi connectivity index (χ0) is 22.1. The molecule has 0 aromatic rings. The van der Waals surface area contributed by atoms with Crippen LogP contribution in [0.25, 0.3) is 0 Å². The second kappa shape index (κ2) is 51.2. The molecule has 180 valence electrons. The van der Waals surface area contributed by atoms with E-state index in [0.717, 1.165) is 77.0 Å². The molecule has 0 aliphatic heterocycles. The van der Waals surface area contributed by atoms with Crippen LogP contribution in [0.4, 0.5) is 0 Å². The van der Waals surface area contributed by atoms with Crippen LogP contribution < -0.4 is 0 Å². The van der Waals surface area contributed by atoms with Crippen molar-refractivity contribution in [2.24, 2.45) is 0 Å². The second-order valence-corrected chi connectivity index (χ2v) is 6.03. The Morgan fingerprint density at radius 1 is 0.207 bits per heavy atom. The van der Waals surface area contributed by atoms with Crippen molar-refractivity contribution in [2.75, 3.05) is 52.9 Å². The molecule has 0 rings (SSSR count). The molecule has 0 heterocycles. The first-order chi connectivity index (χ1) is 13.7. The van der Waals surface area contributed by atoms with Gasteiger partial charge in [0.15, 0.2) is 0 Å². The van der Waals surface area contributed by atoms with Crippen molar-refractivity contribution in [3.63, 3.8) is 0 Å². The molecule has 8 nitrogen and oxygen atoms in total. The largest absolute Gasteiger partial charge is 0.396 e. The molecule has 0 atom stereocenters. The summed E-state index contributed by atoms with van der Waals surface area (Å²) >= 11 is 0. The van der Waals surface area contributed by atoms with E-state index in [0.29, 0.717) is 0 Å². The standard InChI is InChI=1S/4C5H12O2.Ti/c4*6-4-2-1-3-5-7;/h4*6-7H,1-5H2;. The van der Waals surface area contributed by atoms with Crippen molar-refractivity contribution in [1.29, 1.82) is 0 Å². The SMILES string of the molecule is OCCCCCO.OCCCCCO.OCCCCCO.OCCCCCO.[Ti]. The molecule has 9 heteroatoms. The van der Waals surface area contributed by atoms with Gasteiger partial charge in [-0.1, -0.05) is 0 Å². The van der Waals surface area contributed by atoms with Gasteiger partial charge in [0, 0.05) is 74.6 Å². The van der Waals surface area contributed by atoms with Gasteiger partial charge in [-0.15, -0.1) is 0 Å². The van der Waals surface area contributed by atoms with Gasteiger partial charge in [0.2, 0.25) is 0 Å². The van der Waals surface area contributed by atoms with Gasteiger partial charge in [-0.05, 0) is 77.0 Å². The monoisotopic (exact) mass is 464 g/mol. The fourth-order valence-electron chi connectivity index (χ4n) is 1.60. The van der Waals surface area contributed by atoms with E-state index < -0.39 is 0 Å². The van der Waals surface area contributed by atoms with Crippen LogP contribution in [-0.2, 0) is 21.7 Å². The summed E-state index contributed by atoms with van der Waals surface area (Å²) in [5, 5.41) is 65.7. The van der Waals surface area contributed by atoms with Crippen LogP contribution in [0.5, 0.6) is 0 Å². The van der Waals surface area contributed by atoms with Crippen molar-refractivity contribution < 1.29 is 62.6 Å². The first-order valence-corrected chi connectivity index (χ1v) is 10.5. The first kappa shape index (κ1) is 39.8. The quantitative estimate of drug-likeness (QED) is 0.121. The van der Waals surface area contributed by atoms with Crippen molar-refractivity contribution >= 4 is 0 Å².